The minimum absolute atomic E-state index is 0. The van der Waals surface area contributed by atoms with Gasteiger partial charge in [-0.3, -0.25) is 0 Å². The van der Waals surface area contributed by atoms with Crippen LogP contribution in [-0.2, 0) is 0 Å². The van der Waals surface area contributed by atoms with Crippen LogP contribution in [0.4, 0.5) is 0 Å². The maximum atomic E-state index is 3.92. The molecule has 1 N–H and O–H groups in total. The van der Waals surface area contributed by atoms with Crippen molar-refractivity contribution < 1.29 is 12.4 Å². The highest BCUT2D eigenvalue weighted by Crippen LogP contribution is 2.60. The quantitative estimate of drug-likeness (QED) is 0.645. The standard InChI is InChI=1S/C11H28N4P.ClH/c1-13(2)16(14(3)4,15(5)6)12-11-9-7-8-10-11;/h11-12H,7-10H2,1-6H3;1H/q+1;/p-1. The molecular formula is C11H28ClN4P. The molecule has 0 heterocycles. The fourth-order valence-corrected chi connectivity index (χ4v) is 6.31. The van der Waals surface area contributed by atoms with E-state index in [0.717, 1.165) is 0 Å². The number of nitrogens with one attached hydrogen (secondary N) is 1. The van der Waals surface area contributed by atoms with E-state index in [2.05, 4.69) is 61.4 Å². The van der Waals surface area contributed by atoms with Crippen LogP contribution >= 0.6 is 7.87 Å². The first-order chi connectivity index (χ1) is 7.41. The topological polar surface area (TPSA) is 21.8 Å². The van der Waals surface area contributed by atoms with Gasteiger partial charge in [-0.05, 0) is 12.8 Å². The summed E-state index contributed by atoms with van der Waals surface area (Å²) < 4.78 is 7.06. The van der Waals surface area contributed by atoms with Crippen LogP contribution in [0.25, 0.3) is 0 Å². The molecule has 0 aliphatic heterocycles. The van der Waals surface area contributed by atoms with Crippen molar-refractivity contribution in [1.29, 1.82) is 0 Å². The predicted molar refractivity (Wildman–Crippen MR) is 73.4 cm³/mol. The second kappa shape index (κ2) is 7.22. The van der Waals surface area contributed by atoms with E-state index in [1.165, 1.54) is 25.7 Å². The highest BCUT2D eigenvalue weighted by Gasteiger charge is 2.49. The summed E-state index contributed by atoms with van der Waals surface area (Å²) in [4.78, 5) is 0. The van der Waals surface area contributed by atoms with Gasteiger partial charge in [0, 0.05) is 48.3 Å². The number of hydrogen-bond donors (Lipinski definition) is 1. The van der Waals surface area contributed by atoms with Gasteiger partial charge in [0.05, 0.1) is 0 Å². The second-order valence-corrected chi connectivity index (χ2v) is 9.02. The highest BCUT2D eigenvalue weighted by molar-refractivity contribution is 7.66. The molecule has 1 saturated carbocycles. The molecule has 104 valence electrons. The molecule has 0 aromatic heterocycles. The molecule has 1 fully saturated rings. The van der Waals surface area contributed by atoms with Crippen LogP contribution in [0.2, 0.25) is 0 Å². The molecule has 4 nitrogen and oxygen atoms in total. The lowest BCUT2D eigenvalue weighted by Crippen LogP contribution is -3.00. The van der Waals surface area contributed by atoms with Gasteiger partial charge in [0.25, 0.3) is 0 Å². The van der Waals surface area contributed by atoms with Crippen molar-refractivity contribution in [2.45, 2.75) is 31.7 Å². The third-order valence-electron chi connectivity index (χ3n) is 3.38. The largest absolute Gasteiger partial charge is 1.00 e. The first-order valence-corrected chi connectivity index (χ1v) is 7.76. The van der Waals surface area contributed by atoms with Gasteiger partial charge >= 0.3 is 7.87 Å². The Morgan fingerprint density at radius 2 is 1.18 bits per heavy atom. The van der Waals surface area contributed by atoms with Gasteiger partial charge in [0.15, 0.2) is 0 Å². The van der Waals surface area contributed by atoms with Crippen LogP contribution in [0.3, 0.4) is 0 Å². The fraction of sp³-hybridized carbons (Fsp3) is 1.00. The van der Waals surface area contributed by atoms with Crippen molar-refractivity contribution in [3.8, 4) is 0 Å². The molecular weight excluding hydrogens is 255 g/mol. The molecule has 1 rings (SSSR count). The van der Waals surface area contributed by atoms with Gasteiger partial charge in [-0.2, -0.15) is 0 Å². The third-order valence-corrected chi connectivity index (χ3v) is 7.44. The Bertz CT molecular complexity index is 196. The maximum Gasteiger partial charge on any atom is 0.304 e. The summed E-state index contributed by atoms with van der Waals surface area (Å²) in [5.41, 5.74) is 0. The zero-order valence-corrected chi connectivity index (χ0v) is 13.7. The van der Waals surface area contributed by atoms with Gasteiger partial charge in [0.1, 0.15) is 0 Å². The lowest BCUT2D eigenvalue weighted by Gasteiger charge is -2.40. The van der Waals surface area contributed by atoms with Crippen LogP contribution in [0.15, 0.2) is 0 Å². The van der Waals surface area contributed by atoms with E-state index in [4.69, 9.17) is 0 Å². The van der Waals surface area contributed by atoms with Crippen LogP contribution in [0.5, 0.6) is 0 Å². The lowest BCUT2D eigenvalue weighted by atomic mass is 10.3. The Morgan fingerprint density at radius 1 is 0.824 bits per heavy atom. The van der Waals surface area contributed by atoms with Crippen LogP contribution in [0, 0.1) is 0 Å². The lowest BCUT2D eigenvalue weighted by molar-refractivity contribution is -0.00000388. The summed E-state index contributed by atoms with van der Waals surface area (Å²) in [6.45, 7) is 0. The van der Waals surface area contributed by atoms with Gasteiger partial charge in [-0.25, -0.2) is 0 Å². The average molecular weight is 283 g/mol. The zero-order valence-electron chi connectivity index (χ0n) is 12.1. The molecule has 0 aromatic rings. The predicted octanol–water partition coefficient (Wildman–Crippen LogP) is -1.11. The molecule has 0 amide bonds. The van der Waals surface area contributed by atoms with Gasteiger partial charge in [-0.1, -0.05) is 12.8 Å². The monoisotopic (exact) mass is 282 g/mol. The Morgan fingerprint density at radius 3 is 1.47 bits per heavy atom. The molecule has 0 atom stereocenters. The summed E-state index contributed by atoms with van der Waals surface area (Å²) in [5, 5.41) is 3.92. The number of halogens is 1. The Balaban J connectivity index is 0.00000256. The SMILES string of the molecule is CN(C)[P+](NC1CCCC1)(N(C)C)N(C)C.[Cl-]. The molecule has 6 heteroatoms. The Kier molecular flexibility index (Phi) is 7.46. The minimum atomic E-state index is -1.51. The van der Waals surface area contributed by atoms with Crippen LogP contribution < -0.4 is 17.5 Å². The molecule has 0 bridgehead atoms. The van der Waals surface area contributed by atoms with E-state index in [9.17, 15) is 0 Å². The maximum absolute atomic E-state index is 3.92. The average Bonchev–Trinajstić information content (AvgIpc) is 2.64. The summed E-state index contributed by atoms with van der Waals surface area (Å²) in [5.74, 6) is 0. The van der Waals surface area contributed by atoms with Crippen molar-refractivity contribution in [1.82, 2.24) is 19.1 Å². The van der Waals surface area contributed by atoms with Crippen molar-refractivity contribution >= 4 is 7.87 Å². The van der Waals surface area contributed by atoms with Gasteiger partial charge < -0.3 is 12.4 Å². The summed E-state index contributed by atoms with van der Waals surface area (Å²) in [6.07, 6.45) is 5.42. The van der Waals surface area contributed by atoms with Gasteiger partial charge in [0.2, 0.25) is 0 Å². The first-order valence-electron chi connectivity index (χ1n) is 6.11. The second-order valence-electron chi connectivity index (χ2n) is 5.22. The Hall–Kier alpha value is 0.560. The molecule has 0 aromatic carbocycles. The van der Waals surface area contributed by atoms with Crippen LogP contribution in [0.1, 0.15) is 25.7 Å². The fourth-order valence-electron chi connectivity index (χ4n) is 2.72. The van der Waals surface area contributed by atoms with E-state index in [1.54, 1.807) is 0 Å². The van der Waals surface area contributed by atoms with Gasteiger partial charge in [-0.15, -0.1) is 19.1 Å². The number of hydrogen-bond acceptors (Lipinski definition) is 4. The smallest absolute Gasteiger partial charge is 0.304 e. The van der Waals surface area contributed by atoms with Crippen LogP contribution in [-0.4, -0.2) is 62.3 Å². The summed E-state index contributed by atoms with van der Waals surface area (Å²) in [6, 6.07) is 0.695. The minimum Gasteiger partial charge on any atom is -1.00 e. The number of nitrogens with zero attached hydrogens (tertiary/aromatic N) is 3. The molecule has 0 radical (unpaired) electrons. The van der Waals surface area contributed by atoms with Crippen molar-refractivity contribution in [2.75, 3.05) is 42.3 Å². The summed E-state index contributed by atoms with van der Waals surface area (Å²) in [7, 11) is 11.5. The number of rotatable bonds is 5. The van der Waals surface area contributed by atoms with Crippen molar-refractivity contribution in [3.05, 3.63) is 0 Å². The molecule has 0 unspecified atom stereocenters. The highest BCUT2D eigenvalue weighted by atomic mass is 35.5. The zero-order chi connectivity index (χ0) is 12.3. The molecule has 0 spiro atoms. The van der Waals surface area contributed by atoms with Crippen molar-refractivity contribution in [2.24, 2.45) is 0 Å². The Labute approximate surface area is 114 Å². The molecule has 1 aliphatic rings. The van der Waals surface area contributed by atoms with E-state index in [0.29, 0.717) is 6.04 Å². The third kappa shape index (κ3) is 3.76. The molecule has 17 heavy (non-hydrogen) atoms. The molecule has 0 saturated heterocycles. The van der Waals surface area contributed by atoms with Crippen molar-refractivity contribution in [3.63, 3.8) is 0 Å². The van der Waals surface area contributed by atoms with E-state index < -0.39 is 7.87 Å². The van der Waals surface area contributed by atoms with E-state index in [-0.39, 0.29) is 12.4 Å². The summed E-state index contributed by atoms with van der Waals surface area (Å²) >= 11 is 0. The van der Waals surface area contributed by atoms with E-state index >= 15 is 0 Å². The first kappa shape index (κ1) is 17.6. The normalized spacial score (nSPS) is 18.2. The van der Waals surface area contributed by atoms with E-state index in [1.807, 2.05) is 0 Å². The molecule has 1 aliphatic carbocycles.